The van der Waals surface area contributed by atoms with Gasteiger partial charge in [-0.25, -0.2) is 18.7 Å². The maximum absolute atomic E-state index is 13.0. The number of rotatable bonds is 7. The van der Waals surface area contributed by atoms with Crippen molar-refractivity contribution in [1.29, 1.82) is 0 Å². The molecule has 1 atom stereocenters. The molecule has 1 saturated heterocycles. The Morgan fingerprint density at radius 3 is 2.34 bits per heavy atom. The van der Waals surface area contributed by atoms with Crippen molar-refractivity contribution in [2.24, 2.45) is 17.0 Å². The van der Waals surface area contributed by atoms with E-state index in [2.05, 4.69) is 57.1 Å². The second kappa shape index (κ2) is 10.2. The van der Waals surface area contributed by atoms with E-state index in [4.69, 9.17) is 5.14 Å². The van der Waals surface area contributed by atoms with Gasteiger partial charge in [-0.05, 0) is 82.7 Å². The molecule has 5 rings (SSSR count). The van der Waals surface area contributed by atoms with Gasteiger partial charge in [0.15, 0.2) is 5.82 Å². The van der Waals surface area contributed by atoms with Crippen LogP contribution in [0.25, 0.3) is 22.5 Å². The van der Waals surface area contributed by atoms with Gasteiger partial charge in [-0.1, -0.05) is 62.6 Å². The molecular formula is C26H34N6O2S. The molecule has 0 radical (unpaired) electrons. The van der Waals surface area contributed by atoms with Crippen LogP contribution >= 0.6 is 0 Å². The number of H-pyrrole nitrogens is 1. The van der Waals surface area contributed by atoms with E-state index in [9.17, 15) is 8.42 Å². The first-order chi connectivity index (χ1) is 16.9. The summed E-state index contributed by atoms with van der Waals surface area (Å²) in [5.74, 6) is 2.05. The van der Waals surface area contributed by atoms with Crippen molar-refractivity contribution in [2.45, 2.75) is 62.7 Å². The topological polar surface area (TPSA) is 127 Å². The van der Waals surface area contributed by atoms with E-state index in [0.29, 0.717) is 29.6 Å². The number of primary sulfonamides is 1. The molecule has 1 aliphatic heterocycles. The third-order valence-corrected chi connectivity index (χ3v) is 8.95. The van der Waals surface area contributed by atoms with Gasteiger partial charge in [-0.2, -0.15) is 0 Å². The Kier molecular flexibility index (Phi) is 7.00. The van der Waals surface area contributed by atoms with E-state index in [-0.39, 0.29) is 4.90 Å². The Morgan fingerprint density at radius 2 is 1.74 bits per heavy atom. The number of sulfonamides is 1. The molecule has 35 heavy (non-hydrogen) atoms. The van der Waals surface area contributed by atoms with E-state index >= 15 is 0 Å². The fourth-order valence-electron chi connectivity index (χ4n) is 5.88. The predicted octanol–water partition coefficient (Wildman–Crippen LogP) is 4.02. The summed E-state index contributed by atoms with van der Waals surface area (Å²) in [6, 6.07) is 12.3. The van der Waals surface area contributed by atoms with Gasteiger partial charge in [0.25, 0.3) is 0 Å². The van der Waals surface area contributed by atoms with Gasteiger partial charge in [0.2, 0.25) is 10.0 Å². The molecule has 2 heterocycles. The molecule has 8 nitrogen and oxygen atoms in total. The lowest BCUT2D eigenvalue weighted by atomic mass is 9.78. The van der Waals surface area contributed by atoms with Gasteiger partial charge < -0.3 is 5.32 Å². The SMILES string of the molecule is CC[C@H]1CC[C@H](Cc2ccc(-c3ccc(C4CCNC4)cc3)c(-c3nnn[nH]3)c2S(N)(=O)=O)CC1. The largest absolute Gasteiger partial charge is 0.316 e. The Labute approximate surface area is 207 Å². The number of hydrogen-bond donors (Lipinski definition) is 3. The minimum atomic E-state index is -4.03. The summed E-state index contributed by atoms with van der Waals surface area (Å²) in [5, 5.41) is 23.6. The van der Waals surface area contributed by atoms with E-state index in [0.717, 1.165) is 55.0 Å². The molecule has 1 aliphatic carbocycles. The lowest BCUT2D eigenvalue weighted by Gasteiger charge is -2.28. The van der Waals surface area contributed by atoms with Crippen molar-refractivity contribution in [1.82, 2.24) is 25.9 Å². The average molecular weight is 495 g/mol. The third-order valence-electron chi connectivity index (χ3n) is 7.91. The molecule has 1 unspecified atom stereocenters. The van der Waals surface area contributed by atoms with Crippen molar-refractivity contribution < 1.29 is 8.42 Å². The van der Waals surface area contributed by atoms with Gasteiger partial charge in [0.05, 0.1) is 4.90 Å². The quantitative estimate of drug-likeness (QED) is 0.455. The standard InChI is InChI=1S/C26H34N6O2S/c1-2-17-3-5-18(6-4-17)15-21-11-12-23(20-9-7-19(8-10-20)22-13-14-28-16-22)24(25(21)35(27,33)34)26-29-31-32-30-26/h7-12,17-18,22,28H,2-6,13-16H2,1H3,(H2,27,33,34)(H,29,30,31,32)/t17-,18-,22?. The highest BCUT2D eigenvalue weighted by atomic mass is 32.2. The summed E-state index contributed by atoms with van der Waals surface area (Å²) in [6.45, 7) is 4.27. The average Bonchev–Trinajstić information content (AvgIpc) is 3.58. The zero-order chi connectivity index (χ0) is 24.4. The zero-order valence-electron chi connectivity index (χ0n) is 20.2. The Hall–Kier alpha value is -2.62. The third kappa shape index (κ3) is 5.17. The second-order valence-corrected chi connectivity index (χ2v) is 11.6. The molecule has 9 heteroatoms. The first-order valence-corrected chi connectivity index (χ1v) is 14.2. The Balaban J connectivity index is 1.57. The number of benzene rings is 2. The van der Waals surface area contributed by atoms with Gasteiger partial charge in [-0.3, -0.25) is 0 Å². The van der Waals surface area contributed by atoms with Crippen LogP contribution in [0.5, 0.6) is 0 Å². The number of nitrogens with one attached hydrogen (secondary N) is 2. The molecular weight excluding hydrogens is 460 g/mol. The second-order valence-electron chi connectivity index (χ2n) is 10.1. The Morgan fingerprint density at radius 1 is 1.00 bits per heavy atom. The molecule has 0 spiro atoms. The highest BCUT2D eigenvalue weighted by Gasteiger charge is 2.29. The van der Waals surface area contributed by atoms with E-state index in [1.54, 1.807) is 0 Å². The van der Waals surface area contributed by atoms with Crippen LogP contribution in [-0.2, 0) is 16.4 Å². The van der Waals surface area contributed by atoms with Crippen LogP contribution in [0.15, 0.2) is 41.3 Å². The summed E-state index contributed by atoms with van der Waals surface area (Å²) in [6.07, 6.45) is 7.64. The number of nitrogens with zero attached hydrogens (tertiary/aromatic N) is 3. The van der Waals surface area contributed by atoms with E-state index < -0.39 is 10.0 Å². The van der Waals surface area contributed by atoms with Crippen molar-refractivity contribution in [3.05, 3.63) is 47.5 Å². The lowest BCUT2D eigenvalue weighted by Crippen LogP contribution is -2.20. The summed E-state index contributed by atoms with van der Waals surface area (Å²) in [5.41, 5.74) is 4.14. The molecule has 3 aromatic rings. The summed E-state index contributed by atoms with van der Waals surface area (Å²) in [7, 11) is -4.03. The van der Waals surface area contributed by atoms with Gasteiger partial charge in [0.1, 0.15) is 0 Å². The van der Waals surface area contributed by atoms with E-state index in [1.165, 1.54) is 24.8 Å². The zero-order valence-corrected chi connectivity index (χ0v) is 21.0. The highest BCUT2D eigenvalue weighted by Crippen LogP contribution is 2.40. The van der Waals surface area contributed by atoms with Crippen LogP contribution in [-0.4, -0.2) is 42.1 Å². The molecule has 0 bridgehead atoms. The molecule has 2 aliphatic rings. The number of aromatic amines is 1. The van der Waals surface area contributed by atoms with Crippen molar-refractivity contribution >= 4 is 10.0 Å². The fourth-order valence-corrected chi connectivity index (χ4v) is 6.89. The van der Waals surface area contributed by atoms with Crippen LogP contribution in [0.4, 0.5) is 0 Å². The minimum Gasteiger partial charge on any atom is -0.316 e. The summed E-state index contributed by atoms with van der Waals surface area (Å²) in [4.78, 5) is 0.134. The number of tetrazole rings is 1. The molecule has 4 N–H and O–H groups in total. The number of hydrogen-bond acceptors (Lipinski definition) is 6. The molecule has 186 valence electrons. The predicted molar refractivity (Wildman–Crippen MR) is 136 cm³/mol. The first kappa shape index (κ1) is 24.1. The molecule has 0 amide bonds. The molecule has 2 fully saturated rings. The van der Waals surface area contributed by atoms with E-state index in [1.807, 2.05) is 12.1 Å². The maximum Gasteiger partial charge on any atom is 0.239 e. The van der Waals surface area contributed by atoms with Crippen LogP contribution < -0.4 is 10.5 Å². The van der Waals surface area contributed by atoms with Crippen LogP contribution in [0.2, 0.25) is 0 Å². The van der Waals surface area contributed by atoms with Crippen LogP contribution in [0, 0.1) is 11.8 Å². The highest BCUT2D eigenvalue weighted by molar-refractivity contribution is 7.89. The maximum atomic E-state index is 13.0. The van der Waals surface area contributed by atoms with Crippen LogP contribution in [0.1, 0.15) is 62.5 Å². The normalized spacial score (nSPS) is 23.0. The molecule has 2 aromatic carbocycles. The van der Waals surface area contributed by atoms with Crippen molar-refractivity contribution in [3.63, 3.8) is 0 Å². The van der Waals surface area contributed by atoms with Crippen molar-refractivity contribution in [2.75, 3.05) is 13.1 Å². The first-order valence-electron chi connectivity index (χ1n) is 12.7. The minimum absolute atomic E-state index is 0.134. The monoisotopic (exact) mass is 494 g/mol. The fraction of sp³-hybridized carbons (Fsp3) is 0.500. The number of aromatic nitrogens is 4. The van der Waals surface area contributed by atoms with Crippen molar-refractivity contribution in [3.8, 4) is 22.5 Å². The Bertz CT molecular complexity index is 1240. The van der Waals surface area contributed by atoms with Crippen LogP contribution in [0.3, 0.4) is 0 Å². The molecule has 1 saturated carbocycles. The number of nitrogens with two attached hydrogens (primary N) is 1. The summed E-state index contributed by atoms with van der Waals surface area (Å²) < 4.78 is 26.0. The molecule has 1 aromatic heterocycles. The van der Waals surface area contributed by atoms with Gasteiger partial charge in [0, 0.05) is 12.1 Å². The summed E-state index contributed by atoms with van der Waals surface area (Å²) >= 11 is 0. The lowest BCUT2D eigenvalue weighted by molar-refractivity contribution is 0.267. The van der Waals surface area contributed by atoms with Gasteiger partial charge >= 0.3 is 0 Å². The smallest absolute Gasteiger partial charge is 0.239 e. The van der Waals surface area contributed by atoms with Gasteiger partial charge in [-0.15, -0.1) is 5.10 Å².